The van der Waals surface area contributed by atoms with Crippen molar-refractivity contribution in [2.75, 3.05) is 37.7 Å². The number of ether oxygens (including phenoxy) is 1. The summed E-state index contributed by atoms with van der Waals surface area (Å²) in [4.78, 5) is 25.6. The van der Waals surface area contributed by atoms with E-state index in [0.29, 0.717) is 31.1 Å². The molecule has 0 bridgehead atoms. The number of aromatic amines is 1. The smallest absolute Gasteiger partial charge is 0.255 e. The first kappa shape index (κ1) is 16.0. The number of hydrogen-bond donors (Lipinski definition) is 1. The number of hydrogen-bond acceptors (Lipinski definition) is 6. The maximum Gasteiger partial charge on any atom is 0.255 e. The molecule has 2 saturated heterocycles. The van der Waals surface area contributed by atoms with Gasteiger partial charge in [-0.3, -0.25) is 9.89 Å². The second kappa shape index (κ2) is 6.79. The van der Waals surface area contributed by atoms with Crippen molar-refractivity contribution in [2.45, 2.75) is 25.9 Å². The molecule has 8 heteroatoms. The van der Waals surface area contributed by atoms with Crippen LogP contribution in [0.4, 0.5) is 5.82 Å². The summed E-state index contributed by atoms with van der Waals surface area (Å²) in [5.41, 5.74) is 0.606. The number of carbonyl (C=O) groups excluding carboxylic acids is 1. The minimum atomic E-state index is -0.292. The molecule has 4 rings (SSSR count). The van der Waals surface area contributed by atoms with Crippen molar-refractivity contribution in [3.8, 4) is 0 Å². The van der Waals surface area contributed by atoms with Crippen molar-refractivity contribution >= 4 is 11.7 Å². The minimum Gasteiger partial charge on any atom is -0.366 e. The highest BCUT2D eigenvalue weighted by atomic mass is 16.5. The molecule has 1 amide bonds. The number of pyridine rings is 1. The molecule has 2 fully saturated rings. The van der Waals surface area contributed by atoms with E-state index < -0.39 is 0 Å². The number of rotatable bonds is 3. The number of morpholine rings is 1. The predicted molar refractivity (Wildman–Crippen MR) is 91.4 cm³/mol. The van der Waals surface area contributed by atoms with Gasteiger partial charge in [-0.2, -0.15) is 5.10 Å². The molecule has 2 aromatic heterocycles. The first-order valence-corrected chi connectivity index (χ1v) is 8.71. The normalized spacial score (nSPS) is 20.9. The second-order valence-corrected chi connectivity index (χ2v) is 6.49. The zero-order valence-electron chi connectivity index (χ0n) is 14.3. The Hall–Kier alpha value is -2.48. The average molecular weight is 342 g/mol. The van der Waals surface area contributed by atoms with Crippen molar-refractivity contribution in [1.29, 1.82) is 0 Å². The van der Waals surface area contributed by atoms with Gasteiger partial charge in [-0.15, -0.1) is 0 Å². The van der Waals surface area contributed by atoms with Crippen LogP contribution < -0.4 is 4.90 Å². The van der Waals surface area contributed by atoms with Crippen LogP contribution in [0.1, 0.15) is 41.0 Å². The average Bonchev–Trinajstić information content (AvgIpc) is 3.33. The Morgan fingerprint density at radius 2 is 2.12 bits per heavy atom. The summed E-state index contributed by atoms with van der Waals surface area (Å²) in [6.45, 7) is 5.42. The Labute approximate surface area is 146 Å². The van der Waals surface area contributed by atoms with Crippen molar-refractivity contribution in [3.63, 3.8) is 0 Å². The Balaban J connectivity index is 1.44. The molecule has 1 unspecified atom stereocenters. The molecule has 0 aliphatic carbocycles. The van der Waals surface area contributed by atoms with E-state index in [9.17, 15) is 4.79 Å². The van der Waals surface area contributed by atoms with Gasteiger partial charge in [-0.25, -0.2) is 9.97 Å². The summed E-state index contributed by atoms with van der Waals surface area (Å²) in [6, 6.07) is 3.81. The molecule has 0 spiro atoms. The second-order valence-electron chi connectivity index (χ2n) is 6.49. The van der Waals surface area contributed by atoms with E-state index in [4.69, 9.17) is 4.74 Å². The Kier molecular flexibility index (Phi) is 4.35. The van der Waals surface area contributed by atoms with E-state index in [1.54, 1.807) is 11.1 Å². The zero-order valence-corrected chi connectivity index (χ0v) is 14.3. The largest absolute Gasteiger partial charge is 0.366 e. The first-order valence-electron chi connectivity index (χ1n) is 8.71. The van der Waals surface area contributed by atoms with Gasteiger partial charge in [-0.05, 0) is 31.9 Å². The standard InChI is InChI=1S/C17H22N6O2/c1-12-19-16(21-20-12)14-11-23(8-9-25-14)17(24)13-4-5-15(18-10-13)22-6-2-3-7-22/h4-5,10,14H,2-3,6-9,11H2,1H3,(H,19,20,21). The molecule has 2 aliphatic rings. The predicted octanol–water partition coefficient (Wildman–Crippen LogP) is 1.32. The molecular formula is C17H22N6O2. The summed E-state index contributed by atoms with van der Waals surface area (Å²) in [5, 5.41) is 6.96. The van der Waals surface area contributed by atoms with Gasteiger partial charge in [0, 0.05) is 25.8 Å². The van der Waals surface area contributed by atoms with Crippen LogP contribution in [0.5, 0.6) is 0 Å². The highest BCUT2D eigenvalue weighted by Gasteiger charge is 2.28. The summed E-state index contributed by atoms with van der Waals surface area (Å²) >= 11 is 0. The number of aromatic nitrogens is 4. The lowest BCUT2D eigenvalue weighted by atomic mass is 10.2. The third-order valence-electron chi connectivity index (χ3n) is 4.68. The van der Waals surface area contributed by atoms with Gasteiger partial charge < -0.3 is 14.5 Å². The summed E-state index contributed by atoms with van der Waals surface area (Å²) in [6.07, 6.45) is 3.80. The van der Waals surface area contributed by atoms with Crippen molar-refractivity contribution < 1.29 is 9.53 Å². The highest BCUT2D eigenvalue weighted by molar-refractivity contribution is 5.94. The van der Waals surface area contributed by atoms with Crippen LogP contribution in [0.15, 0.2) is 18.3 Å². The topological polar surface area (TPSA) is 87.2 Å². The van der Waals surface area contributed by atoms with Gasteiger partial charge in [0.05, 0.1) is 18.7 Å². The van der Waals surface area contributed by atoms with Crippen LogP contribution in [0, 0.1) is 6.92 Å². The van der Waals surface area contributed by atoms with Gasteiger partial charge in [0.2, 0.25) is 0 Å². The number of carbonyl (C=O) groups is 1. The lowest BCUT2D eigenvalue weighted by Gasteiger charge is -2.31. The molecule has 25 heavy (non-hydrogen) atoms. The van der Waals surface area contributed by atoms with Crippen molar-refractivity contribution in [1.82, 2.24) is 25.1 Å². The third-order valence-corrected chi connectivity index (χ3v) is 4.68. The number of nitrogens with one attached hydrogen (secondary N) is 1. The van der Waals surface area contributed by atoms with Crippen molar-refractivity contribution in [2.24, 2.45) is 0 Å². The molecule has 8 nitrogen and oxygen atoms in total. The van der Waals surface area contributed by atoms with Crippen LogP contribution in [-0.2, 0) is 4.74 Å². The summed E-state index contributed by atoms with van der Waals surface area (Å²) in [7, 11) is 0. The highest BCUT2D eigenvalue weighted by Crippen LogP contribution is 2.22. The van der Waals surface area contributed by atoms with E-state index >= 15 is 0 Å². The van der Waals surface area contributed by atoms with E-state index in [2.05, 4.69) is 25.1 Å². The number of anilines is 1. The van der Waals surface area contributed by atoms with Crippen LogP contribution in [-0.4, -0.2) is 63.8 Å². The van der Waals surface area contributed by atoms with E-state index in [-0.39, 0.29) is 12.0 Å². The van der Waals surface area contributed by atoms with Gasteiger partial charge in [0.15, 0.2) is 5.82 Å². The quantitative estimate of drug-likeness (QED) is 0.905. The van der Waals surface area contributed by atoms with E-state index in [0.717, 1.165) is 24.7 Å². The fourth-order valence-electron chi connectivity index (χ4n) is 3.32. The molecule has 4 heterocycles. The fraction of sp³-hybridized carbons (Fsp3) is 0.529. The maximum atomic E-state index is 12.8. The molecule has 132 valence electrons. The Bertz CT molecular complexity index is 738. The number of H-pyrrole nitrogens is 1. The van der Waals surface area contributed by atoms with Crippen molar-refractivity contribution in [3.05, 3.63) is 35.5 Å². The lowest BCUT2D eigenvalue weighted by Crippen LogP contribution is -2.42. The van der Waals surface area contributed by atoms with Gasteiger partial charge in [-0.1, -0.05) is 0 Å². The molecule has 0 aromatic carbocycles. The molecule has 1 N–H and O–H groups in total. The van der Waals surface area contributed by atoms with Gasteiger partial charge in [0.25, 0.3) is 5.91 Å². The van der Waals surface area contributed by atoms with Crippen LogP contribution >= 0.6 is 0 Å². The maximum absolute atomic E-state index is 12.8. The minimum absolute atomic E-state index is 0.0268. The van der Waals surface area contributed by atoms with Crippen LogP contribution in [0.3, 0.4) is 0 Å². The number of amides is 1. The molecule has 2 aliphatic heterocycles. The first-order chi connectivity index (χ1) is 12.2. The number of aryl methyl sites for hydroxylation is 1. The summed E-state index contributed by atoms with van der Waals surface area (Å²) < 4.78 is 5.72. The van der Waals surface area contributed by atoms with E-state index in [1.807, 2.05) is 19.1 Å². The van der Waals surface area contributed by atoms with Gasteiger partial charge in [0.1, 0.15) is 17.7 Å². The number of nitrogens with zero attached hydrogens (tertiary/aromatic N) is 5. The SMILES string of the molecule is Cc1nc(C2CN(C(=O)c3ccc(N4CCCC4)nc3)CCO2)n[nH]1. The molecule has 2 aromatic rings. The van der Waals surface area contributed by atoms with Crippen LogP contribution in [0.25, 0.3) is 0 Å². The third kappa shape index (κ3) is 3.34. The lowest BCUT2D eigenvalue weighted by molar-refractivity contribution is -0.0266. The van der Waals surface area contributed by atoms with Gasteiger partial charge >= 0.3 is 0 Å². The monoisotopic (exact) mass is 342 g/mol. The molecule has 1 atom stereocenters. The molecule has 0 radical (unpaired) electrons. The van der Waals surface area contributed by atoms with Crippen LogP contribution in [0.2, 0.25) is 0 Å². The summed E-state index contributed by atoms with van der Waals surface area (Å²) in [5.74, 6) is 2.26. The molecular weight excluding hydrogens is 320 g/mol. The fourth-order valence-corrected chi connectivity index (χ4v) is 3.32. The molecule has 0 saturated carbocycles. The Morgan fingerprint density at radius 3 is 2.80 bits per heavy atom. The van der Waals surface area contributed by atoms with E-state index in [1.165, 1.54) is 12.8 Å². The Morgan fingerprint density at radius 1 is 1.28 bits per heavy atom. The zero-order chi connectivity index (χ0) is 17.2.